The van der Waals surface area contributed by atoms with Crippen LogP contribution in [-0.4, -0.2) is 19.5 Å². The average Bonchev–Trinajstić information content (AvgIpc) is 3.03. The van der Waals surface area contributed by atoms with Crippen molar-refractivity contribution in [1.82, 2.24) is 0 Å². The Hall–Kier alpha value is -3.00. The minimum absolute atomic E-state index is 0.0313. The van der Waals surface area contributed by atoms with Crippen LogP contribution in [0.2, 0.25) is 0 Å². The van der Waals surface area contributed by atoms with E-state index in [1.54, 1.807) is 38.3 Å². The molecule has 0 aliphatic rings. The van der Waals surface area contributed by atoms with Crippen LogP contribution in [-0.2, 0) is 0 Å². The summed E-state index contributed by atoms with van der Waals surface area (Å²) in [7, 11) is 1.55. The zero-order valence-corrected chi connectivity index (χ0v) is 14.0. The quantitative estimate of drug-likeness (QED) is 0.434. The second-order valence-electron chi connectivity index (χ2n) is 5.15. The maximum Gasteiger partial charge on any atom is 0.207 e. The van der Waals surface area contributed by atoms with Crippen LogP contribution in [0.3, 0.4) is 0 Å². The molecule has 0 N–H and O–H groups in total. The summed E-state index contributed by atoms with van der Waals surface area (Å²) in [5.41, 5.74) is 1.10. The standard InChI is InChI=1S/C19H19NO4/c1-4-8-24-17-6-5-14(11-18(17)22-3)10-15(12-20)19(21)16-7-9-23-13(16)2/h5-7,9-11H,4,8H2,1-3H3/b15-10+. The number of carbonyl (C=O) groups excluding carboxylic acids is 1. The topological polar surface area (TPSA) is 72.5 Å². The monoisotopic (exact) mass is 325 g/mol. The van der Waals surface area contributed by atoms with Gasteiger partial charge in [-0.05, 0) is 43.2 Å². The number of carbonyl (C=O) groups is 1. The van der Waals surface area contributed by atoms with Crippen molar-refractivity contribution < 1.29 is 18.7 Å². The third kappa shape index (κ3) is 3.85. The van der Waals surface area contributed by atoms with Crippen LogP contribution < -0.4 is 9.47 Å². The number of benzene rings is 1. The molecule has 24 heavy (non-hydrogen) atoms. The SMILES string of the molecule is CCCOc1ccc(/C=C(\C#N)C(=O)c2ccoc2C)cc1OC. The fraction of sp³-hybridized carbons (Fsp3) is 0.263. The molecular formula is C19H19NO4. The van der Waals surface area contributed by atoms with Crippen LogP contribution >= 0.6 is 0 Å². The van der Waals surface area contributed by atoms with E-state index >= 15 is 0 Å². The van der Waals surface area contributed by atoms with Crippen LogP contribution in [0.15, 0.2) is 40.5 Å². The van der Waals surface area contributed by atoms with Crippen molar-refractivity contribution in [1.29, 1.82) is 5.26 Å². The van der Waals surface area contributed by atoms with E-state index < -0.39 is 0 Å². The van der Waals surface area contributed by atoms with Gasteiger partial charge in [-0.15, -0.1) is 0 Å². The van der Waals surface area contributed by atoms with Gasteiger partial charge >= 0.3 is 0 Å². The van der Waals surface area contributed by atoms with E-state index in [0.717, 1.165) is 6.42 Å². The molecule has 1 aromatic carbocycles. The highest BCUT2D eigenvalue weighted by molar-refractivity contribution is 6.14. The predicted octanol–water partition coefficient (Wildman–Crippen LogP) is 4.18. The number of nitrogens with zero attached hydrogens (tertiary/aromatic N) is 1. The Kier molecular flexibility index (Phi) is 5.80. The molecule has 0 bridgehead atoms. The molecule has 0 unspecified atom stereocenters. The zero-order valence-electron chi connectivity index (χ0n) is 14.0. The van der Waals surface area contributed by atoms with Crippen molar-refractivity contribution in [2.45, 2.75) is 20.3 Å². The van der Waals surface area contributed by atoms with E-state index in [4.69, 9.17) is 13.9 Å². The van der Waals surface area contributed by atoms with Crippen molar-refractivity contribution in [3.05, 3.63) is 53.0 Å². The van der Waals surface area contributed by atoms with Gasteiger partial charge in [0.25, 0.3) is 0 Å². The molecule has 0 fully saturated rings. The number of nitriles is 1. The zero-order chi connectivity index (χ0) is 17.5. The largest absolute Gasteiger partial charge is 0.493 e. The average molecular weight is 325 g/mol. The van der Waals surface area contributed by atoms with E-state index in [1.165, 1.54) is 12.3 Å². The second kappa shape index (κ2) is 8.02. The first kappa shape index (κ1) is 17.4. The number of hydrogen-bond donors (Lipinski definition) is 0. The second-order valence-corrected chi connectivity index (χ2v) is 5.15. The van der Waals surface area contributed by atoms with Crippen LogP contribution in [0.25, 0.3) is 6.08 Å². The molecule has 0 amide bonds. The number of furan rings is 1. The lowest BCUT2D eigenvalue weighted by atomic mass is 10.0. The molecule has 0 saturated carbocycles. The summed E-state index contributed by atoms with van der Waals surface area (Å²) in [5, 5.41) is 9.32. The van der Waals surface area contributed by atoms with E-state index in [9.17, 15) is 10.1 Å². The summed E-state index contributed by atoms with van der Waals surface area (Å²) in [6.07, 6.45) is 3.85. The lowest BCUT2D eigenvalue weighted by Crippen LogP contribution is -2.02. The lowest BCUT2D eigenvalue weighted by molar-refractivity contribution is 0.103. The molecule has 5 nitrogen and oxygen atoms in total. The Bertz CT molecular complexity index is 796. The molecule has 0 aliphatic heterocycles. The Balaban J connectivity index is 2.33. The van der Waals surface area contributed by atoms with Gasteiger partial charge in [0.15, 0.2) is 11.5 Å². The van der Waals surface area contributed by atoms with Crippen molar-refractivity contribution in [2.75, 3.05) is 13.7 Å². The maximum atomic E-state index is 12.4. The number of ketones is 1. The minimum Gasteiger partial charge on any atom is -0.493 e. The van der Waals surface area contributed by atoms with Gasteiger partial charge in [0, 0.05) is 0 Å². The van der Waals surface area contributed by atoms with Gasteiger partial charge in [0.1, 0.15) is 17.4 Å². The highest BCUT2D eigenvalue weighted by atomic mass is 16.5. The molecule has 1 heterocycles. The van der Waals surface area contributed by atoms with Gasteiger partial charge < -0.3 is 13.9 Å². The van der Waals surface area contributed by atoms with Crippen LogP contribution in [0.1, 0.15) is 35.0 Å². The fourth-order valence-electron chi connectivity index (χ4n) is 2.19. The molecular weight excluding hydrogens is 306 g/mol. The van der Waals surface area contributed by atoms with Gasteiger partial charge in [0.05, 0.1) is 25.5 Å². The Morgan fingerprint density at radius 1 is 1.33 bits per heavy atom. The number of hydrogen-bond acceptors (Lipinski definition) is 5. The number of aryl methyl sites for hydroxylation is 1. The van der Waals surface area contributed by atoms with Gasteiger partial charge in [-0.3, -0.25) is 4.79 Å². The van der Waals surface area contributed by atoms with E-state index in [2.05, 4.69) is 0 Å². The molecule has 2 aromatic rings. The van der Waals surface area contributed by atoms with Crippen LogP contribution in [0.5, 0.6) is 11.5 Å². The Morgan fingerprint density at radius 3 is 2.71 bits per heavy atom. The maximum absolute atomic E-state index is 12.4. The smallest absolute Gasteiger partial charge is 0.207 e. The van der Waals surface area contributed by atoms with Gasteiger partial charge in [-0.2, -0.15) is 5.26 Å². The number of Topliss-reactive ketones (excluding diaryl/α,β-unsaturated/α-hetero) is 1. The van der Waals surface area contributed by atoms with Crippen molar-refractivity contribution >= 4 is 11.9 Å². The molecule has 5 heteroatoms. The van der Waals surface area contributed by atoms with Gasteiger partial charge in [-0.25, -0.2) is 0 Å². The number of rotatable bonds is 7. The lowest BCUT2D eigenvalue weighted by Gasteiger charge is -2.10. The Labute approximate surface area is 141 Å². The molecule has 0 atom stereocenters. The van der Waals surface area contributed by atoms with Crippen LogP contribution in [0, 0.1) is 18.3 Å². The fourth-order valence-corrected chi connectivity index (χ4v) is 2.19. The molecule has 2 rings (SSSR count). The minimum atomic E-state index is -0.367. The summed E-state index contributed by atoms with van der Waals surface area (Å²) in [6.45, 7) is 4.30. The Morgan fingerprint density at radius 2 is 2.12 bits per heavy atom. The number of ether oxygens (including phenoxy) is 2. The highest BCUT2D eigenvalue weighted by Crippen LogP contribution is 2.29. The van der Waals surface area contributed by atoms with Crippen molar-refractivity contribution in [2.24, 2.45) is 0 Å². The molecule has 0 saturated heterocycles. The summed E-state index contributed by atoms with van der Waals surface area (Å²) in [4.78, 5) is 12.4. The van der Waals surface area contributed by atoms with Gasteiger partial charge in [0.2, 0.25) is 5.78 Å². The predicted molar refractivity (Wildman–Crippen MR) is 90.1 cm³/mol. The highest BCUT2D eigenvalue weighted by Gasteiger charge is 2.16. The van der Waals surface area contributed by atoms with Crippen molar-refractivity contribution in [3.63, 3.8) is 0 Å². The van der Waals surface area contributed by atoms with Crippen LogP contribution in [0.4, 0.5) is 0 Å². The first-order valence-corrected chi connectivity index (χ1v) is 7.62. The normalized spacial score (nSPS) is 11.0. The summed E-state index contributed by atoms with van der Waals surface area (Å²) < 4.78 is 16.0. The first-order chi connectivity index (χ1) is 11.6. The van der Waals surface area contributed by atoms with Crippen molar-refractivity contribution in [3.8, 4) is 17.6 Å². The van der Waals surface area contributed by atoms with Gasteiger partial charge in [-0.1, -0.05) is 13.0 Å². The number of methoxy groups -OCH3 is 1. The molecule has 124 valence electrons. The molecule has 1 aromatic heterocycles. The number of allylic oxidation sites excluding steroid dienone is 1. The van der Waals surface area contributed by atoms with E-state index in [-0.39, 0.29) is 11.4 Å². The van der Waals surface area contributed by atoms with E-state index in [1.807, 2.05) is 13.0 Å². The first-order valence-electron chi connectivity index (χ1n) is 7.62. The summed E-state index contributed by atoms with van der Waals surface area (Å²) in [6, 6.07) is 8.79. The summed E-state index contributed by atoms with van der Waals surface area (Å²) >= 11 is 0. The molecule has 0 aliphatic carbocycles. The summed E-state index contributed by atoms with van der Waals surface area (Å²) in [5.74, 6) is 1.31. The third-order valence-electron chi connectivity index (χ3n) is 3.43. The molecule has 0 spiro atoms. The molecule has 0 radical (unpaired) electrons. The third-order valence-corrected chi connectivity index (χ3v) is 3.43. The van der Waals surface area contributed by atoms with E-state index in [0.29, 0.717) is 35.0 Å².